The number of rotatable bonds is 7. The van der Waals surface area contributed by atoms with Gasteiger partial charge in [0.15, 0.2) is 6.61 Å². The molecule has 1 aliphatic rings. The van der Waals surface area contributed by atoms with E-state index in [0.29, 0.717) is 53.0 Å². The van der Waals surface area contributed by atoms with E-state index in [0.717, 1.165) is 12.8 Å². The summed E-state index contributed by atoms with van der Waals surface area (Å²) in [5.74, 6) is 1.16. The summed E-state index contributed by atoms with van der Waals surface area (Å²) < 4.78 is 10.9. The van der Waals surface area contributed by atoms with Gasteiger partial charge in [0.2, 0.25) is 0 Å². The minimum Gasteiger partial charge on any atom is -0.484 e. The molecule has 1 fully saturated rings. The normalized spacial score (nSPS) is 14.2. The van der Waals surface area contributed by atoms with Gasteiger partial charge in [-0.05, 0) is 43.9 Å². The van der Waals surface area contributed by atoms with Crippen LogP contribution in [0.25, 0.3) is 11.3 Å². The molecule has 0 bridgehead atoms. The van der Waals surface area contributed by atoms with Crippen LogP contribution in [0.1, 0.15) is 29.0 Å². The predicted octanol–water partition coefficient (Wildman–Crippen LogP) is 4.35. The molecular formula is C25H26ClN3O4. The van der Waals surface area contributed by atoms with Gasteiger partial charge in [0.1, 0.15) is 22.8 Å². The summed E-state index contributed by atoms with van der Waals surface area (Å²) >= 11 is 6.29. The average Bonchev–Trinajstić information content (AvgIpc) is 3.23. The van der Waals surface area contributed by atoms with Crippen molar-refractivity contribution in [3.63, 3.8) is 0 Å². The third kappa shape index (κ3) is 5.54. The van der Waals surface area contributed by atoms with Crippen molar-refractivity contribution in [3.8, 4) is 17.0 Å². The highest BCUT2D eigenvalue weighted by atomic mass is 35.5. The number of para-hydroxylation sites is 1. The van der Waals surface area contributed by atoms with E-state index in [-0.39, 0.29) is 24.3 Å². The second-order valence-corrected chi connectivity index (χ2v) is 8.49. The number of nitrogens with one attached hydrogen (secondary N) is 1. The van der Waals surface area contributed by atoms with Crippen molar-refractivity contribution < 1.29 is 18.8 Å². The zero-order chi connectivity index (χ0) is 23.2. The number of piperidine rings is 1. The molecule has 1 N–H and O–H groups in total. The van der Waals surface area contributed by atoms with Crippen LogP contribution in [0, 0.1) is 12.8 Å². The Balaban J connectivity index is 1.27. The van der Waals surface area contributed by atoms with Crippen molar-refractivity contribution in [3.05, 3.63) is 70.9 Å². The molecule has 33 heavy (non-hydrogen) atoms. The minimum absolute atomic E-state index is 0.0224. The van der Waals surface area contributed by atoms with Crippen LogP contribution in [0.3, 0.4) is 0 Å². The number of aromatic nitrogens is 1. The molecule has 0 radical (unpaired) electrons. The zero-order valence-corrected chi connectivity index (χ0v) is 19.2. The van der Waals surface area contributed by atoms with Gasteiger partial charge in [-0.15, -0.1) is 0 Å². The van der Waals surface area contributed by atoms with E-state index in [1.54, 1.807) is 13.0 Å². The Hall–Kier alpha value is -3.32. The molecule has 1 saturated heterocycles. The summed E-state index contributed by atoms with van der Waals surface area (Å²) in [5, 5.41) is 7.57. The van der Waals surface area contributed by atoms with Crippen LogP contribution in [-0.2, 0) is 4.79 Å². The van der Waals surface area contributed by atoms with Crippen LogP contribution in [0.4, 0.5) is 0 Å². The number of ether oxygens (including phenoxy) is 1. The first kappa shape index (κ1) is 22.9. The third-order valence-electron chi connectivity index (χ3n) is 5.84. The van der Waals surface area contributed by atoms with E-state index >= 15 is 0 Å². The van der Waals surface area contributed by atoms with Crippen molar-refractivity contribution in [1.82, 2.24) is 15.4 Å². The molecule has 0 aliphatic carbocycles. The lowest BCUT2D eigenvalue weighted by atomic mass is 9.96. The Kier molecular flexibility index (Phi) is 7.29. The lowest BCUT2D eigenvalue weighted by Crippen LogP contribution is -2.43. The number of hydrogen-bond acceptors (Lipinski definition) is 5. The number of amides is 2. The van der Waals surface area contributed by atoms with Gasteiger partial charge in [-0.2, -0.15) is 0 Å². The van der Waals surface area contributed by atoms with E-state index in [2.05, 4.69) is 10.5 Å². The van der Waals surface area contributed by atoms with Gasteiger partial charge < -0.3 is 19.5 Å². The Bertz CT molecular complexity index is 1110. The number of halogens is 1. The van der Waals surface area contributed by atoms with Gasteiger partial charge in [-0.25, -0.2) is 0 Å². The highest BCUT2D eigenvalue weighted by Gasteiger charge is 2.26. The summed E-state index contributed by atoms with van der Waals surface area (Å²) in [6.45, 7) is 3.56. The van der Waals surface area contributed by atoms with Crippen LogP contribution >= 0.6 is 11.6 Å². The molecule has 7 nitrogen and oxygen atoms in total. The number of likely N-dealkylation sites (tertiary alicyclic amines) is 1. The molecule has 0 spiro atoms. The van der Waals surface area contributed by atoms with E-state index in [4.69, 9.17) is 20.9 Å². The number of benzene rings is 2. The van der Waals surface area contributed by atoms with E-state index in [1.165, 1.54) is 0 Å². The SMILES string of the molecule is Cc1onc(-c2ccccc2Cl)c1C(=O)NCC1CCN(C(=O)COc2ccccc2)CC1. The number of carbonyl (C=O) groups excluding carboxylic acids is 2. The van der Waals surface area contributed by atoms with E-state index in [9.17, 15) is 9.59 Å². The molecule has 2 aromatic carbocycles. The monoisotopic (exact) mass is 467 g/mol. The Morgan fingerprint density at radius 1 is 1.12 bits per heavy atom. The maximum absolute atomic E-state index is 12.9. The first-order chi connectivity index (χ1) is 16.0. The quantitative estimate of drug-likeness (QED) is 0.558. The highest BCUT2D eigenvalue weighted by Crippen LogP contribution is 2.31. The molecule has 8 heteroatoms. The van der Waals surface area contributed by atoms with Gasteiger partial charge in [-0.3, -0.25) is 9.59 Å². The van der Waals surface area contributed by atoms with Gasteiger partial charge in [0, 0.05) is 25.2 Å². The predicted molar refractivity (Wildman–Crippen MR) is 125 cm³/mol. The summed E-state index contributed by atoms with van der Waals surface area (Å²) in [5.41, 5.74) is 1.49. The maximum Gasteiger partial charge on any atom is 0.260 e. The van der Waals surface area contributed by atoms with Crippen molar-refractivity contribution in [1.29, 1.82) is 0 Å². The number of nitrogens with zero attached hydrogens (tertiary/aromatic N) is 2. The number of hydrogen-bond donors (Lipinski definition) is 1. The summed E-state index contributed by atoms with van der Waals surface area (Å²) in [7, 11) is 0. The molecule has 3 aromatic rings. The average molecular weight is 468 g/mol. The molecule has 0 unspecified atom stereocenters. The first-order valence-electron chi connectivity index (χ1n) is 11.0. The molecular weight excluding hydrogens is 442 g/mol. The van der Waals surface area contributed by atoms with Gasteiger partial charge in [0.05, 0.1) is 5.02 Å². The third-order valence-corrected chi connectivity index (χ3v) is 6.17. The Morgan fingerprint density at radius 3 is 2.55 bits per heavy atom. The second-order valence-electron chi connectivity index (χ2n) is 8.08. The smallest absolute Gasteiger partial charge is 0.260 e. The van der Waals surface area contributed by atoms with Gasteiger partial charge in [0.25, 0.3) is 11.8 Å². The molecule has 0 saturated carbocycles. The fourth-order valence-electron chi connectivity index (χ4n) is 3.94. The summed E-state index contributed by atoms with van der Waals surface area (Å²) in [6, 6.07) is 16.5. The molecule has 1 aromatic heterocycles. The lowest BCUT2D eigenvalue weighted by molar-refractivity contribution is -0.134. The molecule has 172 valence electrons. The molecule has 4 rings (SSSR count). The Morgan fingerprint density at radius 2 is 1.82 bits per heavy atom. The topological polar surface area (TPSA) is 84.7 Å². The number of aryl methyl sites for hydroxylation is 1. The highest BCUT2D eigenvalue weighted by molar-refractivity contribution is 6.33. The fourth-order valence-corrected chi connectivity index (χ4v) is 4.17. The van der Waals surface area contributed by atoms with E-state index in [1.807, 2.05) is 53.4 Å². The van der Waals surface area contributed by atoms with Gasteiger partial charge >= 0.3 is 0 Å². The van der Waals surface area contributed by atoms with Crippen LogP contribution in [0.5, 0.6) is 5.75 Å². The maximum atomic E-state index is 12.9. The molecule has 2 amide bonds. The lowest BCUT2D eigenvalue weighted by Gasteiger charge is -2.32. The molecule has 1 aliphatic heterocycles. The van der Waals surface area contributed by atoms with Crippen molar-refractivity contribution in [2.45, 2.75) is 19.8 Å². The Labute approximate surface area is 197 Å². The largest absolute Gasteiger partial charge is 0.484 e. The standard InChI is InChI=1S/C25H26ClN3O4/c1-17-23(24(28-33-17)20-9-5-6-10-21(20)26)25(31)27-15-18-11-13-29(14-12-18)22(30)16-32-19-7-3-2-4-8-19/h2-10,18H,11-16H2,1H3,(H,27,31). The van der Waals surface area contributed by atoms with Crippen molar-refractivity contribution in [2.75, 3.05) is 26.2 Å². The molecule has 0 atom stereocenters. The zero-order valence-electron chi connectivity index (χ0n) is 18.4. The molecule has 2 heterocycles. The van der Waals surface area contributed by atoms with Gasteiger partial charge in [-0.1, -0.05) is 53.2 Å². The van der Waals surface area contributed by atoms with Crippen molar-refractivity contribution >= 4 is 23.4 Å². The van der Waals surface area contributed by atoms with Crippen molar-refractivity contribution in [2.24, 2.45) is 5.92 Å². The van der Waals surface area contributed by atoms with Crippen LogP contribution in [0.15, 0.2) is 59.1 Å². The summed E-state index contributed by atoms with van der Waals surface area (Å²) in [6.07, 6.45) is 1.63. The number of carbonyl (C=O) groups is 2. The van der Waals surface area contributed by atoms with Crippen LogP contribution in [0.2, 0.25) is 5.02 Å². The van der Waals surface area contributed by atoms with E-state index < -0.39 is 0 Å². The minimum atomic E-state index is -0.238. The summed E-state index contributed by atoms with van der Waals surface area (Å²) in [4.78, 5) is 27.2. The van der Waals surface area contributed by atoms with Crippen LogP contribution in [-0.4, -0.2) is 48.1 Å². The first-order valence-corrected chi connectivity index (χ1v) is 11.4. The second kappa shape index (κ2) is 10.5. The fraction of sp³-hybridized carbons (Fsp3) is 0.320. The van der Waals surface area contributed by atoms with Crippen LogP contribution < -0.4 is 10.1 Å².